The summed E-state index contributed by atoms with van der Waals surface area (Å²) in [5.41, 5.74) is 1.54. The molecule has 0 saturated carbocycles. The lowest BCUT2D eigenvalue weighted by molar-refractivity contribution is -0.134. The molecule has 154 valence electrons. The van der Waals surface area contributed by atoms with Crippen molar-refractivity contribution < 1.29 is 18.0 Å². The van der Waals surface area contributed by atoms with Crippen LogP contribution in [0, 0.1) is 6.92 Å². The molecule has 1 aliphatic rings. The van der Waals surface area contributed by atoms with Gasteiger partial charge >= 0.3 is 0 Å². The van der Waals surface area contributed by atoms with Crippen molar-refractivity contribution in [2.24, 2.45) is 7.05 Å². The molecule has 1 aliphatic heterocycles. The number of sulfone groups is 1. The number of carbonyl (C=O) groups is 2. The fraction of sp³-hybridized carbons (Fsp3) is 0.316. The molecule has 1 saturated heterocycles. The Morgan fingerprint density at radius 2 is 1.90 bits per heavy atom. The van der Waals surface area contributed by atoms with Gasteiger partial charge in [0.15, 0.2) is 9.84 Å². The Kier molecular flexibility index (Phi) is 5.81. The fourth-order valence-electron chi connectivity index (χ4n) is 3.14. The van der Waals surface area contributed by atoms with Crippen LogP contribution in [0.15, 0.2) is 35.2 Å². The largest absolute Gasteiger partial charge is 0.272 e. The second-order valence-electron chi connectivity index (χ2n) is 6.79. The number of rotatable bonds is 4. The first-order valence-electron chi connectivity index (χ1n) is 8.90. The van der Waals surface area contributed by atoms with Crippen LogP contribution in [0.4, 0.5) is 0 Å². The Hall–Kier alpha value is -2.65. The molecule has 2 aromatic rings. The van der Waals surface area contributed by atoms with Crippen LogP contribution in [0.5, 0.6) is 0 Å². The number of benzene rings is 1. The highest BCUT2D eigenvalue weighted by atomic mass is 35.5. The summed E-state index contributed by atoms with van der Waals surface area (Å²) in [6.07, 6.45) is 4.65. The van der Waals surface area contributed by atoms with Gasteiger partial charge in [-0.15, -0.1) is 0 Å². The average Bonchev–Trinajstić information content (AvgIpc) is 3.24. The summed E-state index contributed by atoms with van der Waals surface area (Å²) in [4.78, 5) is 25.7. The van der Waals surface area contributed by atoms with E-state index in [-0.39, 0.29) is 16.4 Å². The zero-order valence-electron chi connectivity index (χ0n) is 16.3. The number of halogens is 1. The number of hydrogen-bond acceptors (Lipinski definition) is 5. The summed E-state index contributed by atoms with van der Waals surface area (Å²) >= 11 is 6.18. The molecular weight excluding hydrogens is 416 g/mol. The van der Waals surface area contributed by atoms with Gasteiger partial charge in [-0.2, -0.15) is 5.10 Å². The SMILES string of the molecule is Cc1nn(C)c(Cl)c1C=CC(=O)N1CCCN1C(=O)c1cccc(S(C)(=O)=O)c1. The maximum Gasteiger partial charge on any atom is 0.272 e. The van der Waals surface area contributed by atoms with Crippen LogP contribution in [-0.2, 0) is 21.7 Å². The molecule has 0 unspecified atom stereocenters. The molecule has 8 nitrogen and oxygen atoms in total. The average molecular weight is 437 g/mol. The van der Waals surface area contributed by atoms with Crippen LogP contribution >= 0.6 is 11.6 Å². The molecule has 2 amide bonds. The van der Waals surface area contributed by atoms with Crippen molar-refractivity contribution in [1.82, 2.24) is 19.8 Å². The first kappa shape index (κ1) is 21.1. The van der Waals surface area contributed by atoms with Crippen molar-refractivity contribution in [3.8, 4) is 0 Å². The van der Waals surface area contributed by atoms with Crippen molar-refractivity contribution >= 4 is 39.3 Å². The van der Waals surface area contributed by atoms with Gasteiger partial charge in [-0.1, -0.05) is 17.7 Å². The smallest absolute Gasteiger partial charge is 0.268 e. The summed E-state index contributed by atoms with van der Waals surface area (Å²) in [6, 6.07) is 5.81. The summed E-state index contributed by atoms with van der Waals surface area (Å²) in [6.45, 7) is 2.55. The normalized spacial score (nSPS) is 14.8. The van der Waals surface area contributed by atoms with Gasteiger partial charge in [-0.05, 0) is 37.6 Å². The Labute approximate surface area is 174 Å². The first-order chi connectivity index (χ1) is 13.6. The van der Waals surface area contributed by atoms with Crippen molar-refractivity contribution in [2.75, 3.05) is 19.3 Å². The lowest BCUT2D eigenvalue weighted by Crippen LogP contribution is -2.44. The maximum atomic E-state index is 12.9. The predicted octanol–water partition coefficient (Wildman–Crippen LogP) is 2.09. The molecule has 1 aromatic heterocycles. The van der Waals surface area contributed by atoms with Crippen molar-refractivity contribution in [1.29, 1.82) is 0 Å². The highest BCUT2D eigenvalue weighted by Gasteiger charge is 2.30. The van der Waals surface area contributed by atoms with Crippen LogP contribution in [0.1, 0.15) is 28.0 Å². The second-order valence-corrected chi connectivity index (χ2v) is 9.16. The lowest BCUT2D eigenvalue weighted by Gasteiger charge is -2.27. The van der Waals surface area contributed by atoms with Gasteiger partial charge in [-0.25, -0.2) is 18.4 Å². The van der Waals surface area contributed by atoms with Crippen LogP contribution in [0.25, 0.3) is 6.08 Å². The summed E-state index contributed by atoms with van der Waals surface area (Å²) < 4.78 is 25.0. The molecular formula is C19H21ClN4O4S. The van der Waals surface area contributed by atoms with E-state index in [2.05, 4.69) is 5.10 Å². The summed E-state index contributed by atoms with van der Waals surface area (Å²) in [5.74, 6) is -0.792. The van der Waals surface area contributed by atoms with E-state index in [1.165, 1.54) is 45.0 Å². The molecule has 3 rings (SSSR count). The number of aromatic nitrogens is 2. The molecule has 0 radical (unpaired) electrons. The standard InChI is InChI=1S/C19H21ClN4O4S/c1-13-16(18(20)22(2)21-13)8-9-17(25)23-10-5-11-24(23)19(26)14-6-4-7-15(12-14)29(3,27)28/h4,6-9,12H,5,10-11H2,1-3H3. The van der Waals surface area contributed by atoms with Crippen molar-refractivity contribution in [3.63, 3.8) is 0 Å². The number of aryl methyl sites for hydroxylation is 2. The van der Waals surface area contributed by atoms with Crippen LogP contribution < -0.4 is 0 Å². The first-order valence-corrected chi connectivity index (χ1v) is 11.2. The van der Waals surface area contributed by atoms with E-state index >= 15 is 0 Å². The Bertz CT molecular complexity index is 1110. The van der Waals surface area contributed by atoms with Gasteiger partial charge in [0.05, 0.1) is 10.6 Å². The molecule has 2 heterocycles. The number of hydrazine groups is 1. The van der Waals surface area contributed by atoms with E-state index in [9.17, 15) is 18.0 Å². The summed E-state index contributed by atoms with van der Waals surface area (Å²) in [5, 5.41) is 7.30. The number of carbonyl (C=O) groups excluding carboxylic acids is 2. The molecule has 10 heteroatoms. The molecule has 1 aromatic carbocycles. The van der Waals surface area contributed by atoms with E-state index in [4.69, 9.17) is 11.6 Å². The van der Waals surface area contributed by atoms with Crippen LogP contribution in [-0.4, -0.2) is 59.4 Å². The summed E-state index contributed by atoms with van der Waals surface area (Å²) in [7, 11) is -1.73. The van der Waals surface area contributed by atoms with E-state index in [1.54, 1.807) is 20.0 Å². The number of hydrogen-bond donors (Lipinski definition) is 0. The molecule has 0 atom stereocenters. The van der Waals surface area contributed by atoms with Crippen LogP contribution in [0.3, 0.4) is 0 Å². The van der Waals surface area contributed by atoms with E-state index < -0.39 is 15.7 Å². The van der Waals surface area contributed by atoms with Gasteiger partial charge in [0.1, 0.15) is 5.15 Å². The van der Waals surface area contributed by atoms with E-state index in [0.29, 0.717) is 35.9 Å². The minimum atomic E-state index is -3.44. The topological polar surface area (TPSA) is 92.6 Å². The monoisotopic (exact) mass is 436 g/mol. The van der Waals surface area contributed by atoms with Gasteiger partial charge in [0, 0.05) is 43.6 Å². The molecule has 0 N–H and O–H groups in total. The third-order valence-corrected chi connectivity index (χ3v) is 6.18. The van der Waals surface area contributed by atoms with E-state index in [1.807, 2.05) is 0 Å². The minimum absolute atomic E-state index is 0.0574. The highest BCUT2D eigenvalue weighted by molar-refractivity contribution is 7.90. The molecule has 0 aliphatic carbocycles. The third kappa shape index (κ3) is 4.35. The molecule has 0 spiro atoms. The van der Waals surface area contributed by atoms with Gasteiger partial charge in [0.2, 0.25) is 0 Å². The van der Waals surface area contributed by atoms with Gasteiger partial charge in [-0.3, -0.25) is 14.3 Å². The highest BCUT2D eigenvalue weighted by Crippen LogP contribution is 2.22. The molecule has 0 bridgehead atoms. The zero-order chi connectivity index (χ0) is 21.3. The quantitative estimate of drug-likeness (QED) is 0.684. The van der Waals surface area contributed by atoms with Gasteiger partial charge < -0.3 is 0 Å². The number of amides is 2. The Morgan fingerprint density at radius 1 is 1.21 bits per heavy atom. The third-order valence-electron chi connectivity index (χ3n) is 4.62. The predicted molar refractivity (Wildman–Crippen MR) is 109 cm³/mol. The zero-order valence-corrected chi connectivity index (χ0v) is 17.9. The van der Waals surface area contributed by atoms with E-state index in [0.717, 1.165) is 6.26 Å². The number of nitrogens with zero attached hydrogens (tertiary/aromatic N) is 4. The molecule has 29 heavy (non-hydrogen) atoms. The Morgan fingerprint density at radius 3 is 2.52 bits per heavy atom. The lowest BCUT2D eigenvalue weighted by atomic mass is 10.2. The Balaban J connectivity index is 1.81. The van der Waals surface area contributed by atoms with Crippen molar-refractivity contribution in [2.45, 2.75) is 18.2 Å². The van der Waals surface area contributed by atoms with Gasteiger partial charge in [0.25, 0.3) is 11.8 Å². The maximum absolute atomic E-state index is 12.9. The molecule has 1 fully saturated rings. The minimum Gasteiger partial charge on any atom is -0.268 e. The van der Waals surface area contributed by atoms with Crippen molar-refractivity contribution in [3.05, 3.63) is 52.3 Å². The second kappa shape index (κ2) is 8.00. The fourth-order valence-corrected chi connectivity index (χ4v) is 4.04. The van der Waals surface area contributed by atoms with Crippen LogP contribution in [0.2, 0.25) is 5.15 Å².